The minimum atomic E-state index is -0.349. The molecule has 40 heavy (non-hydrogen) atoms. The molecule has 0 aliphatic carbocycles. The molecule has 2 aliphatic heterocycles. The van der Waals surface area contributed by atoms with E-state index in [0.717, 1.165) is 11.1 Å². The molecule has 2 aliphatic rings. The van der Waals surface area contributed by atoms with Crippen molar-refractivity contribution in [2.45, 2.75) is 18.5 Å². The fourth-order valence-corrected chi connectivity index (χ4v) is 5.97. The largest absolute Gasteiger partial charge is 0.362 e. The number of rotatable bonds is 3. The van der Waals surface area contributed by atoms with Crippen molar-refractivity contribution in [1.82, 2.24) is 14.5 Å². The van der Waals surface area contributed by atoms with E-state index < -0.39 is 0 Å². The Balaban J connectivity index is 1.47. The van der Waals surface area contributed by atoms with Gasteiger partial charge in [-0.1, -0.05) is 24.3 Å². The van der Waals surface area contributed by atoms with Gasteiger partial charge in [0.25, 0.3) is 5.56 Å². The third-order valence-electron chi connectivity index (χ3n) is 7.96. The second-order valence-corrected chi connectivity index (χ2v) is 10.2. The Morgan fingerprint density at radius 2 is 1.52 bits per heavy atom. The predicted molar refractivity (Wildman–Crippen MR) is 147 cm³/mol. The summed E-state index contributed by atoms with van der Waals surface area (Å²) in [5.41, 5.74) is 3.45. The van der Waals surface area contributed by atoms with Crippen LogP contribution in [0.4, 0.5) is 20.2 Å². The predicted octanol–water partition coefficient (Wildman–Crippen LogP) is 3.73. The topological polar surface area (TPSA) is 85.5 Å². The molecule has 4 heterocycles. The first-order chi connectivity index (χ1) is 19.3. The van der Waals surface area contributed by atoms with Crippen LogP contribution in [0.5, 0.6) is 0 Å². The van der Waals surface area contributed by atoms with Crippen molar-refractivity contribution in [3.8, 4) is 6.07 Å². The summed E-state index contributed by atoms with van der Waals surface area (Å²) in [6.07, 6.45) is 0.157. The lowest BCUT2D eigenvalue weighted by atomic mass is 9.94. The van der Waals surface area contributed by atoms with Crippen molar-refractivity contribution in [2.24, 2.45) is 7.05 Å². The van der Waals surface area contributed by atoms with Gasteiger partial charge in [0.2, 0.25) is 5.91 Å². The highest BCUT2D eigenvalue weighted by Gasteiger charge is 2.40. The van der Waals surface area contributed by atoms with Crippen LogP contribution in [-0.4, -0.2) is 53.1 Å². The van der Waals surface area contributed by atoms with Gasteiger partial charge >= 0.3 is 0 Å². The van der Waals surface area contributed by atoms with E-state index in [2.05, 4.69) is 20.9 Å². The number of hydrogen-bond donors (Lipinski definition) is 0. The highest BCUT2D eigenvalue weighted by Crippen LogP contribution is 2.40. The van der Waals surface area contributed by atoms with E-state index in [1.165, 1.54) is 33.7 Å². The number of halogens is 2. The molecule has 0 spiro atoms. The third-order valence-corrected chi connectivity index (χ3v) is 7.96. The average molecular weight is 541 g/mol. The van der Waals surface area contributed by atoms with Crippen LogP contribution in [0.3, 0.4) is 0 Å². The lowest BCUT2D eigenvalue weighted by molar-refractivity contribution is -0.118. The van der Waals surface area contributed by atoms with Crippen LogP contribution in [0.25, 0.3) is 11.0 Å². The molecule has 6 rings (SSSR count). The number of amides is 1. The van der Waals surface area contributed by atoms with Crippen LogP contribution in [0.2, 0.25) is 0 Å². The zero-order chi connectivity index (χ0) is 28.1. The molecule has 8 nitrogen and oxygen atoms in total. The van der Waals surface area contributed by atoms with Gasteiger partial charge in [-0.25, -0.2) is 13.8 Å². The summed E-state index contributed by atoms with van der Waals surface area (Å²) in [6, 6.07) is 17.3. The van der Waals surface area contributed by atoms with Gasteiger partial charge in [-0.05, 0) is 47.5 Å². The van der Waals surface area contributed by atoms with E-state index in [9.17, 15) is 23.6 Å². The molecule has 1 amide bonds. The van der Waals surface area contributed by atoms with Crippen molar-refractivity contribution < 1.29 is 13.6 Å². The summed E-state index contributed by atoms with van der Waals surface area (Å²) in [4.78, 5) is 37.2. The summed E-state index contributed by atoms with van der Waals surface area (Å²) in [5, 5.41) is 9.54. The molecule has 0 bridgehead atoms. The Kier molecular flexibility index (Phi) is 6.31. The number of aryl methyl sites for hydroxylation is 1. The van der Waals surface area contributed by atoms with E-state index in [1.807, 2.05) is 0 Å². The molecule has 0 saturated carbocycles. The highest BCUT2D eigenvalue weighted by atomic mass is 19.1. The molecule has 1 atom stereocenters. The lowest BCUT2D eigenvalue weighted by Crippen LogP contribution is -2.54. The number of piperazine rings is 1. The maximum Gasteiger partial charge on any atom is 0.277 e. The molecule has 1 fully saturated rings. The number of anilines is 2. The number of fused-ring (bicyclic) bond motifs is 5. The fraction of sp³-hybridized carbons (Fsp3) is 0.267. The number of pyridine rings is 2. The molecule has 2 aromatic heterocycles. The van der Waals surface area contributed by atoms with Crippen LogP contribution >= 0.6 is 0 Å². The van der Waals surface area contributed by atoms with Gasteiger partial charge in [-0.3, -0.25) is 14.5 Å². The molecular formula is C30H26F2N6O2. The fourth-order valence-electron chi connectivity index (χ4n) is 5.97. The quantitative estimate of drug-likeness (QED) is 0.394. The molecule has 1 unspecified atom stereocenters. The van der Waals surface area contributed by atoms with Gasteiger partial charge in [-0.15, -0.1) is 0 Å². The maximum absolute atomic E-state index is 13.8. The molecule has 0 radical (unpaired) electrons. The van der Waals surface area contributed by atoms with Crippen LogP contribution in [0.1, 0.15) is 29.3 Å². The summed E-state index contributed by atoms with van der Waals surface area (Å²) in [7, 11) is 3.23. The van der Waals surface area contributed by atoms with Gasteiger partial charge in [-0.2, -0.15) is 5.26 Å². The zero-order valence-electron chi connectivity index (χ0n) is 22.0. The van der Waals surface area contributed by atoms with Gasteiger partial charge in [0.15, 0.2) is 0 Å². The molecular weight excluding hydrogens is 514 g/mol. The number of nitriles is 1. The molecule has 202 valence electrons. The molecule has 0 N–H and O–H groups in total. The lowest BCUT2D eigenvalue weighted by Gasteiger charge is -2.45. The van der Waals surface area contributed by atoms with Crippen molar-refractivity contribution in [1.29, 1.82) is 5.26 Å². The molecule has 1 saturated heterocycles. The first-order valence-corrected chi connectivity index (χ1v) is 13.0. The van der Waals surface area contributed by atoms with E-state index in [4.69, 9.17) is 0 Å². The standard InChI is InChI=1S/C30H26F2N6O2/c1-35-24-12-11-22(16-33)34-26(24)28-29(30(35)40)36(2)25(39)15-23-17-37(13-14-38(23)28)27(18-3-7-20(31)8-4-18)19-5-9-21(32)10-6-19/h3-12,23,27H,13-15,17H2,1-2H3. The van der Waals surface area contributed by atoms with Gasteiger partial charge in [0.05, 0.1) is 23.3 Å². The van der Waals surface area contributed by atoms with Crippen molar-refractivity contribution in [2.75, 3.05) is 36.5 Å². The zero-order valence-corrected chi connectivity index (χ0v) is 22.0. The van der Waals surface area contributed by atoms with E-state index in [0.29, 0.717) is 36.4 Å². The normalized spacial score (nSPS) is 17.5. The van der Waals surface area contributed by atoms with Crippen LogP contribution in [-0.2, 0) is 11.8 Å². The third kappa shape index (κ3) is 4.19. The van der Waals surface area contributed by atoms with Crippen molar-refractivity contribution in [3.05, 3.63) is 99.5 Å². The van der Waals surface area contributed by atoms with Gasteiger partial charge in [0.1, 0.15) is 34.6 Å². The Labute approximate surface area is 229 Å². The van der Waals surface area contributed by atoms with Crippen LogP contribution < -0.4 is 15.4 Å². The first kappa shape index (κ1) is 25.6. The Bertz CT molecular complexity index is 1680. The van der Waals surface area contributed by atoms with E-state index in [-0.39, 0.29) is 53.0 Å². The second-order valence-electron chi connectivity index (χ2n) is 10.2. The number of aromatic nitrogens is 2. The van der Waals surface area contributed by atoms with Gasteiger partial charge in [0, 0.05) is 40.2 Å². The summed E-state index contributed by atoms with van der Waals surface area (Å²) < 4.78 is 29.1. The van der Waals surface area contributed by atoms with Crippen LogP contribution in [0, 0.1) is 23.0 Å². The highest BCUT2D eigenvalue weighted by molar-refractivity contribution is 6.05. The minimum Gasteiger partial charge on any atom is -0.362 e. The van der Waals surface area contributed by atoms with E-state index in [1.54, 1.807) is 50.5 Å². The number of carbonyl (C=O) groups is 1. The second kappa shape index (κ2) is 9.84. The van der Waals surface area contributed by atoms with Crippen molar-refractivity contribution in [3.63, 3.8) is 0 Å². The maximum atomic E-state index is 13.8. The molecule has 4 aromatic rings. The summed E-state index contributed by atoms with van der Waals surface area (Å²) in [6.45, 7) is 1.47. The average Bonchev–Trinajstić information content (AvgIpc) is 3.07. The first-order valence-electron chi connectivity index (χ1n) is 13.0. The molecule has 2 aromatic carbocycles. The Morgan fingerprint density at radius 1 is 0.900 bits per heavy atom. The Hall–Kier alpha value is -4.62. The number of carbonyl (C=O) groups excluding carboxylic acids is 1. The number of hydrogen-bond acceptors (Lipinski definition) is 6. The van der Waals surface area contributed by atoms with E-state index >= 15 is 0 Å². The number of nitrogens with zero attached hydrogens (tertiary/aromatic N) is 6. The van der Waals surface area contributed by atoms with Crippen molar-refractivity contribution >= 4 is 28.3 Å². The summed E-state index contributed by atoms with van der Waals surface area (Å²) >= 11 is 0. The van der Waals surface area contributed by atoms with Crippen LogP contribution in [0.15, 0.2) is 65.5 Å². The Morgan fingerprint density at radius 3 is 2.12 bits per heavy atom. The number of benzene rings is 2. The molecule has 10 heteroatoms. The monoisotopic (exact) mass is 540 g/mol. The van der Waals surface area contributed by atoms with Gasteiger partial charge < -0.3 is 14.4 Å². The minimum absolute atomic E-state index is 0.157. The summed E-state index contributed by atoms with van der Waals surface area (Å²) in [5.74, 6) is -0.903. The SMILES string of the molecule is CN1C(=O)CC2CN(C(c3ccc(F)cc3)c3ccc(F)cc3)CCN2c2c1c(=O)n(C)c1ccc(C#N)nc21. The smallest absolute Gasteiger partial charge is 0.277 e.